The highest BCUT2D eigenvalue weighted by molar-refractivity contribution is 6.30. The van der Waals surface area contributed by atoms with Crippen LogP contribution in [0.2, 0.25) is 5.02 Å². The van der Waals surface area contributed by atoms with Gasteiger partial charge in [-0.25, -0.2) is 4.98 Å². The largest absolute Gasteiger partial charge is 0.454 e. The number of benzene rings is 1. The summed E-state index contributed by atoms with van der Waals surface area (Å²) in [5, 5.41) is 0.627. The van der Waals surface area contributed by atoms with Crippen molar-refractivity contribution in [3.8, 4) is 0 Å². The Balaban J connectivity index is 1.79. The topological polar surface area (TPSA) is 44.1 Å². The average molecular weight is 439 g/mol. The number of halogens is 2. The number of imidazole rings is 1. The molecule has 0 saturated carbocycles. The molecule has 0 saturated heterocycles. The van der Waals surface area contributed by atoms with Crippen molar-refractivity contribution in [3.05, 3.63) is 53.6 Å². The molecule has 0 aliphatic rings. The van der Waals surface area contributed by atoms with Gasteiger partial charge in [-0.15, -0.1) is 0 Å². The lowest BCUT2D eigenvalue weighted by atomic mass is 10.1. The van der Waals surface area contributed by atoms with Crippen LogP contribution in [0.5, 0.6) is 0 Å². The van der Waals surface area contributed by atoms with Crippen molar-refractivity contribution in [2.24, 2.45) is 0 Å². The third-order valence-electron chi connectivity index (χ3n) is 5.00. The Bertz CT molecular complexity index is 689. The molecule has 0 aliphatic carbocycles. The highest BCUT2D eigenvalue weighted by atomic mass is 35.5. The highest BCUT2D eigenvalue weighted by Crippen LogP contribution is 2.34. The molecule has 2 rings (SSSR count). The van der Waals surface area contributed by atoms with E-state index in [2.05, 4.69) is 11.9 Å². The Kier molecular flexibility index (Phi) is 11.2. The predicted octanol–water partition coefficient (Wildman–Crippen LogP) is 7.48. The van der Waals surface area contributed by atoms with E-state index in [0.717, 1.165) is 18.4 Å². The van der Waals surface area contributed by atoms with Crippen LogP contribution in [-0.4, -0.2) is 15.5 Å². The van der Waals surface area contributed by atoms with Crippen LogP contribution in [0.25, 0.3) is 0 Å². The summed E-state index contributed by atoms with van der Waals surface area (Å²) in [6.45, 7) is 2.23. The van der Waals surface area contributed by atoms with Gasteiger partial charge in [-0.3, -0.25) is 4.79 Å². The highest BCUT2D eigenvalue weighted by Gasteiger charge is 2.26. The van der Waals surface area contributed by atoms with Crippen LogP contribution in [0.1, 0.15) is 88.3 Å². The van der Waals surface area contributed by atoms with E-state index in [0.29, 0.717) is 11.4 Å². The first kappa shape index (κ1) is 23.8. The number of nitrogens with zero attached hydrogens (tertiary/aromatic N) is 2. The fourth-order valence-electron chi connectivity index (χ4n) is 3.29. The van der Waals surface area contributed by atoms with Crippen LogP contribution in [0.15, 0.2) is 43.0 Å². The lowest BCUT2D eigenvalue weighted by molar-refractivity contribution is -0.150. The van der Waals surface area contributed by atoms with Crippen LogP contribution >= 0.6 is 23.2 Å². The number of unbranched alkanes of at least 4 members (excludes halogenated alkanes) is 8. The second-order valence-electron chi connectivity index (χ2n) is 7.42. The zero-order chi connectivity index (χ0) is 20.9. The second kappa shape index (κ2) is 13.7. The maximum absolute atomic E-state index is 12.4. The Morgan fingerprint density at radius 1 is 1.03 bits per heavy atom. The van der Waals surface area contributed by atoms with E-state index in [1.54, 1.807) is 35.4 Å². The predicted molar refractivity (Wildman–Crippen MR) is 119 cm³/mol. The third kappa shape index (κ3) is 8.79. The molecule has 2 unspecified atom stereocenters. The molecule has 29 heavy (non-hydrogen) atoms. The summed E-state index contributed by atoms with van der Waals surface area (Å²) in [6, 6.07) is 7.22. The summed E-state index contributed by atoms with van der Waals surface area (Å²) in [6.07, 6.45) is 15.7. The van der Waals surface area contributed by atoms with Gasteiger partial charge in [0.15, 0.2) is 6.10 Å². The van der Waals surface area contributed by atoms with Gasteiger partial charge in [0.1, 0.15) is 5.50 Å². The molecule has 0 fully saturated rings. The Morgan fingerprint density at radius 2 is 1.66 bits per heavy atom. The summed E-state index contributed by atoms with van der Waals surface area (Å²) >= 11 is 12.6. The van der Waals surface area contributed by atoms with Gasteiger partial charge in [0.2, 0.25) is 0 Å². The normalized spacial score (nSPS) is 13.2. The SMILES string of the molecule is CCCCCCCCCCCC(=O)OC(c1ccc(Cl)cc1)C(Cl)n1ccnc1. The first-order chi connectivity index (χ1) is 14.1. The van der Waals surface area contributed by atoms with E-state index < -0.39 is 11.6 Å². The van der Waals surface area contributed by atoms with Gasteiger partial charge in [-0.05, 0) is 24.1 Å². The van der Waals surface area contributed by atoms with Crippen LogP contribution in [0.4, 0.5) is 0 Å². The third-order valence-corrected chi connectivity index (χ3v) is 5.71. The van der Waals surface area contributed by atoms with Gasteiger partial charge in [0.05, 0.1) is 6.33 Å². The minimum atomic E-state index is -0.603. The van der Waals surface area contributed by atoms with Crippen LogP contribution in [0, 0.1) is 0 Å². The molecular weight excluding hydrogens is 407 g/mol. The summed E-state index contributed by atoms with van der Waals surface area (Å²) < 4.78 is 7.50. The van der Waals surface area contributed by atoms with Gasteiger partial charge in [0.25, 0.3) is 0 Å². The molecule has 2 atom stereocenters. The number of rotatable bonds is 14. The second-order valence-corrected chi connectivity index (χ2v) is 8.31. The lowest BCUT2D eigenvalue weighted by Crippen LogP contribution is -2.19. The lowest BCUT2D eigenvalue weighted by Gasteiger charge is -2.24. The number of aromatic nitrogens is 2. The van der Waals surface area contributed by atoms with Crippen LogP contribution < -0.4 is 0 Å². The molecule has 1 aromatic carbocycles. The molecule has 1 heterocycles. The van der Waals surface area contributed by atoms with Crippen molar-refractivity contribution in [3.63, 3.8) is 0 Å². The molecular formula is C23H32Cl2N2O2. The summed E-state index contributed by atoms with van der Waals surface area (Å²) in [7, 11) is 0. The van der Waals surface area contributed by atoms with Gasteiger partial charge >= 0.3 is 5.97 Å². The standard InChI is InChI=1S/C23H32Cl2N2O2/c1-2-3-4-5-6-7-8-9-10-11-21(28)29-22(19-12-14-20(24)15-13-19)23(25)27-17-16-26-18-27/h12-18,22-23H,2-11H2,1H3. The number of hydrogen-bond donors (Lipinski definition) is 0. The van der Waals surface area contributed by atoms with E-state index in [1.807, 2.05) is 12.1 Å². The minimum absolute atomic E-state index is 0.223. The van der Waals surface area contributed by atoms with Gasteiger partial charge in [-0.1, -0.05) is 93.6 Å². The molecule has 0 N–H and O–H groups in total. The van der Waals surface area contributed by atoms with E-state index in [1.165, 1.54) is 44.9 Å². The van der Waals surface area contributed by atoms with Crippen molar-refractivity contribution in [2.45, 2.75) is 82.7 Å². The monoisotopic (exact) mass is 438 g/mol. The van der Waals surface area contributed by atoms with Crippen molar-refractivity contribution in [2.75, 3.05) is 0 Å². The Hall–Kier alpha value is -1.52. The van der Waals surface area contributed by atoms with E-state index >= 15 is 0 Å². The van der Waals surface area contributed by atoms with Crippen molar-refractivity contribution < 1.29 is 9.53 Å². The van der Waals surface area contributed by atoms with Crippen LogP contribution in [0.3, 0.4) is 0 Å². The summed E-state index contributed by atoms with van der Waals surface area (Å²) in [5.74, 6) is -0.223. The molecule has 2 aromatic rings. The van der Waals surface area contributed by atoms with Gasteiger partial charge in [0, 0.05) is 23.8 Å². The summed E-state index contributed by atoms with van der Waals surface area (Å²) in [4.78, 5) is 16.5. The fraction of sp³-hybridized carbons (Fsp3) is 0.565. The molecule has 0 amide bonds. The number of hydrogen-bond acceptors (Lipinski definition) is 3. The zero-order valence-electron chi connectivity index (χ0n) is 17.2. The fourth-order valence-corrected chi connectivity index (χ4v) is 3.73. The molecule has 160 valence electrons. The molecule has 0 bridgehead atoms. The first-order valence-electron chi connectivity index (χ1n) is 10.7. The maximum atomic E-state index is 12.4. The van der Waals surface area contributed by atoms with E-state index in [9.17, 15) is 4.79 Å². The number of esters is 1. The van der Waals surface area contributed by atoms with Crippen LogP contribution in [-0.2, 0) is 9.53 Å². The average Bonchev–Trinajstić information content (AvgIpc) is 3.26. The van der Waals surface area contributed by atoms with Gasteiger partial charge in [-0.2, -0.15) is 0 Å². The minimum Gasteiger partial charge on any atom is -0.454 e. The maximum Gasteiger partial charge on any atom is 0.306 e. The zero-order valence-corrected chi connectivity index (χ0v) is 18.7. The quantitative estimate of drug-likeness (QED) is 0.174. The number of carbonyl (C=O) groups excluding carboxylic acids is 1. The van der Waals surface area contributed by atoms with Gasteiger partial charge < -0.3 is 9.30 Å². The van der Waals surface area contributed by atoms with E-state index in [-0.39, 0.29) is 5.97 Å². The number of ether oxygens (including phenoxy) is 1. The molecule has 0 radical (unpaired) electrons. The molecule has 0 aliphatic heterocycles. The first-order valence-corrected chi connectivity index (χ1v) is 11.5. The Morgan fingerprint density at radius 3 is 2.24 bits per heavy atom. The molecule has 1 aromatic heterocycles. The molecule has 0 spiro atoms. The van der Waals surface area contributed by atoms with Crippen molar-refractivity contribution in [1.82, 2.24) is 9.55 Å². The number of carbonyl (C=O) groups is 1. The number of alkyl halides is 1. The molecule has 6 heteroatoms. The van der Waals surface area contributed by atoms with E-state index in [4.69, 9.17) is 27.9 Å². The van der Waals surface area contributed by atoms with Crippen molar-refractivity contribution >= 4 is 29.2 Å². The Labute approximate surface area is 184 Å². The summed E-state index contributed by atoms with van der Waals surface area (Å²) in [5.41, 5.74) is 0.231. The van der Waals surface area contributed by atoms with Crippen molar-refractivity contribution in [1.29, 1.82) is 0 Å². The molecule has 4 nitrogen and oxygen atoms in total. The smallest absolute Gasteiger partial charge is 0.306 e.